The van der Waals surface area contributed by atoms with Crippen LogP contribution in [0.25, 0.3) is 10.1 Å². The van der Waals surface area contributed by atoms with E-state index in [4.69, 9.17) is 0 Å². The van der Waals surface area contributed by atoms with Gasteiger partial charge in [0.05, 0.1) is 0 Å². The summed E-state index contributed by atoms with van der Waals surface area (Å²) >= 11 is 1.68. The third-order valence-corrected chi connectivity index (χ3v) is 2.91. The molecular weight excluding hydrogens is 164 g/mol. The van der Waals surface area contributed by atoms with Crippen molar-refractivity contribution in [2.45, 2.75) is 19.8 Å². The van der Waals surface area contributed by atoms with Crippen LogP contribution in [-0.4, -0.2) is 0 Å². The maximum absolute atomic E-state index is 3.15. The number of hydrogen-bond acceptors (Lipinski definition) is 1. The van der Waals surface area contributed by atoms with Gasteiger partial charge in [-0.1, -0.05) is 26.0 Å². The second kappa shape index (κ2) is 2.91. The van der Waals surface area contributed by atoms with E-state index >= 15 is 0 Å². The molecule has 0 bridgehead atoms. The Balaban J connectivity index is 2.60. The molecule has 12 heavy (non-hydrogen) atoms. The van der Waals surface area contributed by atoms with Gasteiger partial charge in [0.2, 0.25) is 0 Å². The van der Waals surface area contributed by atoms with E-state index in [2.05, 4.69) is 43.5 Å². The van der Waals surface area contributed by atoms with Gasteiger partial charge in [-0.3, -0.25) is 0 Å². The largest absolute Gasteiger partial charge is 0.134 e. The van der Waals surface area contributed by atoms with Crippen LogP contribution in [0.15, 0.2) is 24.3 Å². The summed E-state index contributed by atoms with van der Waals surface area (Å²) in [5.41, 5.74) is 1.41. The second-order valence-corrected chi connectivity index (χ2v) is 4.20. The lowest BCUT2D eigenvalue weighted by Crippen LogP contribution is -1.84. The molecule has 1 aromatic carbocycles. The van der Waals surface area contributed by atoms with E-state index in [0.29, 0.717) is 5.92 Å². The monoisotopic (exact) mass is 175 g/mol. The van der Waals surface area contributed by atoms with E-state index in [1.165, 1.54) is 15.6 Å². The maximum atomic E-state index is 3.15. The molecule has 1 heterocycles. The highest BCUT2D eigenvalue weighted by Gasteiger charge is 2.00. The fraction of sp³-hybridized carbons (Fsp3) is 0.273. The van der Waals surface area contributed by atoms with Gasteiger partial charge in [-0.25, -0.2) is 0 Å². The van der Waals surface area contributed by atoms with E-state index < -0.39 is 0 Å². The molecule has 0 saturated heterocycles. The predicted molar refractivity (Wildman–Crippen MR) is 54.8 cm³/mol. The molecular formula is C11H11S. The zero-order valence-corrected chi connectivity index (χ0v) is 8.11. The molecule has 0 fully saturated rings. The lowest BCUT2D eigenvalue weighted by molar-refractivity contribution is 0.869. The molecule has 2 aromatic rings. The first-order chi connectivity index (χ1) is 5.77. The molecule has 1 radical (unpaired) electrons. The summed E-state index contributed by atoms with van der Waals surface area (Å²) < 4.78 is 1.33. The zero-order chi connectivity index (χ0) is 8.55. The summed E-state index contributed by atoms with van der Waals surface area (Å²) in [5.74, 6) is 0.620. The van der Waals surface area contributed by atoms with Crippen molar-refractivity contribution in [3.05, 3.63) is 35.2 Å². The van der Waals surface area contributed by atoms with E-state index in [-0.39, 0.29) is 0 Å². The summed E-state index contributed by atoms with van der Waals surface area (Å²) in [7, 11) is 0. The Bertz CT molecular complexity index is 385. The Morgan fingerprint density at radius 3 is 2.92 bits per heavy atom. The molecule has 61 valence electrons. The highest BCUT2D eigenvalue weighted by atomic mass is 32.1. The average molecular weight is 175 g/mol. The minimum absolute atomic E-state index is 0.620. The van der Waals surface area contributed by atoms with Crippen LogP contribution in [0.3, 0.4) is 0 Å². The van der Waals surface area contributed by atoms with Gasteiger partial charge in [0.1, 0.15) is 0 Å². The van der Waals surface area contributed by atoms with Gasteiger partial charge in [0, 0.05) is 10.1 Å². The Morgan fingerprint density at radius 2 is 2.17 bits per heavy atom. The fourth-order valence-electron chi connectivity index (χ4n) is 1.29. The van der Waals surface area contributed by atoms with Crippen LogP contribution in [0.4, 0.5) is 0 Å². The second-order valence-electron chi connectivity index (χ2n) is 3.32. The van der Waals surface area contributed by atoms with Crippen LogP contribution in [0.1, 0.15) is 25.3 Å². The van der Waals surface area contributed by atoms with E-state index in [1.54, 1.807) is 11.3 Å². The molecule has 0 amide bonds. The Hall–Kier alpha value is -0.820. The lowest BCUT2D eigenvalue weighted by Gasteiger charge is -2.03. The van der Waals surface area contributed by atoms with E-state index in [1.807, 2.05) is 0 Å². The molecule has 0 aliphatic carbocycles. The SMILES string of the molecule is CC(C)c1ccc2s[c]cc2c1. The van der Waals surface area contributed by atoms with Gasteiger partial charge in [0.25, 0.3) is 0 Å². The molecule has 0 aliphatic rings. The normalized spacial score (nSPS) is 11.2. The Morgan fingerprint density at radius 1 is 1.33 bits per heavy atom. The molecule has 0 saturated carbocycles. The number of benzene rings is 1. The van der Waals surface area contributed by atoms with Crippen molar-refractivity contribution in [1.29, 1.82) is 0 Å². The number of rotatable bonds is 1. The van der Waals surface area contributed by atoms with Crippen molar-refractivity contribution in [3.63, 3.8) is 0 Å². The van der Waals surface area contributed by atoms with Crippen molar-refractivity contribution in [1.82, 2.24) is 0 Å². The van der Waals surface area contributed by atoms with Crippen LogP contribution >= 0.6 is 11.3 Å². The number of hydrogen-bond donors (Lipinski definition) is 0. The van der Waals surface area contributed by atoms with Crippen LogP contribution in [0.2, 0.25) is 0 Å². The topological polar surface area (TPSA) is 0 Å². The van der Waals surface area contributed by atoms with Crippen LogP contribution < -0.4 is 0 Å². The summed E-state index contributed by atoms with van der Waals surface area (Å²) in [6, 6.07) is 8.71. The van der Waals surface area contributed by atoms with Gasteiger partial charge in [0.15, 0.2) is 0 Å². The molecule has 0 nitrogen and oxygen atoms in total. The highest BCUT2D eigenvalue weighted by molar-refractivity contribution is 7.16. The molecule has 0 spiro atoms. The van der Waals surface area contributed by atoms with Crippen molar-refractivity contribution in [3.8, 4) is 0 Å². The van der Waals surface area contributed by atoms with Crippen molar-refractivity contribution in [2.24, 2.45) is 0 Å². The zero-order valence-electron chi connectivity index (χ0n) is 7.29. The van der Waals surface area contributed by atoms with Gasteiger partial charge >= 0.3 is 0 Å². The van der Waals surface area contributed by atoms with Crippen LogP contribution in [-0.2, 0) is 0 Å². The average Bonchev–Trinajstić information content (AvgIpc) is 2.49. The predicted octanol–water partition coefficient (Wildman–Crippen LogP) is 3.82. The molecule has 0 aliphatic heterocycles. The quantitative estimate of drug-likeness (QED) is 0.618. The molecule has 2 rings (SSSR count). The summed E-state index contributed by atoms with van der Waals surface area (Å²) in [5, 5.41) is 4.47. The van der Waals surface area contributed by atoms with Crippen LogP contribution in [0, 0.1) is 5.38 Å². The summed E-state index contributed by atoms with van der Waals surface area (Å²) in [6.07, 6.45) is 0. The van der Waals surface area contributed by atoms with Gasteiger partial charge in [-0.2, -0.15) is 0 Å². The number of fused-ring (bicyclic) bond motifs is 1. The van der Waals surface area contributed by atoms with Crippen LogP contribution in [0.5, 0.6) is 0 Å². The first-order valence-electron chi connectivity index (χ1n) is 4.17. The molecule has 0 N–H and O–H groups in total. The smallest absolute Gasteiger partial charge is 0.0455 e. The van der Waals surface area contributed by atoms with Gasteiger partial charge < -0.3 is 0 Å². The fourth-order valence-corrected chi connectivity index (χ4v) is 1.97. The van der Waals surface area contributed by atoms with Crippen molar-refractivity contribution in [2.75, 3.05) is 0 Å². The third-order valence-electron chi connectivity index (χ3n) is 2.08. The highest BCUT2D eigenvalue weighted by Crippen LogP contribution is 2.24. The minimum Gasteiger partial charge on any atom is -0.134 e. The Kier molecular flexibility index (Phi) is 1.89. The van der Waals surface area contributed by atoms with Gasteiger partial charge in [-0.05, 0) is 29.0 Å². The van der Waals surface area contributed by atoms with Crippen molar-refractivity contribution < 1.29 is 0 Å². The molecule has 0 atom stereocenters. The first-order valence-corrected chi connectivity index (χ1v) is 4.98. The number of thiophene rings is 1. The standard InChI is InChI=1S/C11H11S/c1-8(2)9-3-4-11-10(7-9)5-6-12-11/h3-5,7-8H,1-2H3. The summed E-state index contributed by atoms with van der Waals surface area (Å²) in [6.45, 7) is 4.44. The maximum Gasteiger partial charge on any atom is 0.0455 e. The Labute approximate surface area is 76.8 Å². The minimum atomic E-state index is 0.620. The van der Waals surface area contributed by atoms with Crippen molar-refractivity contribution >= 4 is 21.4 Å². The van der Waals surface area contributed by atoms with E-state index in [9.17, 15) is 0 Å². The lowest BCUT2D eigenvalue weighted by atomic mass is 10.0. The van der Waals surface area contributed by atoms with Gasteiger partial charge in [-0.15, -0.1) is 11.3 Å². The first kappa shape index (κ1) is 7.81. The summed E-state index contributed by atoms with van der Waals surface area (Å²) in [4.78, 5) is 0. The molecule has 0 unspecified atom stereocenters. The third kappa shape index (κ3) is 1.25. The molecule has 1 heteroatoms. The van der Waals surface area contributed by atoms with E-state index in [0.717, 1.165) is 0 Å². The molecule has 1 aromatic heterocycles.